The molecule has 4 rings (SSSR count). The first-order valence-corrected chi connectivity index (χ1v) is 11.8. The maximum atomic E-state index is 13.0. The van der Waals surface area contributed by atoms with E-state index in [4.69, 9.17) is 4.42 Å². The van der Waals surface area contributed by atoms with Crippen molar-refractivity contribution in [3.63, 3.8) is 0 Å². The number of rotatable bonds is 9. The summed E-state index contributed by atoms with van der Waals surface area (Å²) < 4.78 is 5.31. The van der Waals surface area contributed by atoms with Crippen LogP contribution < -0.4 is 10.6 Å². The number of amides is 2. The molecular weight excluding hydrogens is 460 g/mol. The van der Waals surface area contributed by atoms with Crippen LogP contribution in [0.25, 0.3) is 6.08 Å². The van der Waals surface area contributed by atoms with Gasteiger partial charge in [-0.05, 0) is 48.5 Å². The van der Waals surface area contributed by atoms with Crippen LogP contribution in [-0.2, 0) is 4.79 Å². The van der Waals surface area contributed by atoms with Gasteiger partial charge >= 0.3 is 0 Å². The Hall–Kier alpha value is -4.36. The number of benzene rings is 3. The Morgan fingerprint density at radius 2 is 1.43 bits per heavy atom. The van der Waals surface area contributed by atoms with Crippen LogP contribution in [0, 0.1) is 0 Å². The monoisotopic (exact) mass is 482 g/mol. The minimum Gasteiger partial charge on any atom is -0.465 e. The highest BCUT2D eigenvalue weighted by atomic mass is 32.2. The van der Waals surface area contributed by atoms with Crippen molar-refractivity contribution in [3.8, 4) is 0 Å². The second kappa shape index (κ2) is 11.7. The molecule has 1 heterocycles. The fraction of sp³-hybridized carbons (Fsp3) is 0.0357. The third kappa shape index (κ3) is 6.82. The Balaban J connectivity index is 1.41. The third-order valence-corrected chi connectivity index (χ3v) is 5.95. The van der Waals surface area contributed by atoms with Gasteiger partial charge in [-0.1, -0.05) is 48.5 Å². The van der Waals surface area contributed by atoms with E-state index in [0.717, 1.165) is 4.90 Å². The zero-order chi connectivity index (χ0) is 24.5. The number of Topliss-reactive ketones (excluding diaryl/α,β-unsaturated/α-hetero) is 1. The summed E-state index contributed by atoms with van der Waals surface area (Å²) in [4.78, 5) is 38.8. The van der Waals surface area contributed by atoms with E-state index in [1.165, 1.54) is 24.1 Å². The van der Waals surface area contributed by atoms with Gasteiger partial charge < -0.3 is 15.1 Å². The highest BCUT2D eigenvalue weighted by Gasteiger charge is 2.16. The Morgan fingerprint density at radius 1 is 0.771 bits per heavy atom. The lowest BCUT2D eigenvalue weighted by Crippen LogP contribution is -2.30. The molecule has 0 radical (unpaired) electrons. The first kappa shape index (κ1) is 23.8. The molecule has 0 unspecified atom stereocenters. The molecule has 0 saturated carbocycles. The number of hydrogen-bond donors (Lipinski definition) is 2. The van der Waals surface area contributed by atoms with Gasteiger partial charge in [0.2, 0.25) is 0 Å². The van der Waals surface area contributed by atoms with Gasteiger partial charge in [0, 0.05) is 27.8 Å². The van der Waals surface area contributed by atoms with Gasteiger partial charge in [0.25, 0.3) is 11.8 Å². The molecule has 0 spiro atoms. The lowest BCUT2D eigenvalue weighted by molar-refractivity contribution is -0.113. The average molecular weight is 483 g/mol. The smallest absolute Gasteiger partial charge is 0.272 e. The van der Waals surface area contributed by atoms with Gasteiger partial charge in [-0.15, -0.1) is 11.8 Å². The van der Waals surface area contributed by atoms with Crippen molar-refractivity contribution in [1.29, 1.82) is 0 Å². The fourth-order valence-electron chi connectivity index (χ4n) is 3.15. The first-order valence-electron chi connectivity index (χ1n) is 10.8. The molecule has 174 valence electrons. The number of furan rings is 1. The van der Waals surface area contributed by atoms with Crippen molar-refractivity contribution in [1.82, 2.24) is 5.32 Å². The van der Waals surface area contributed by atoms with Crippen LogP contribution in [0.15, 0.2) is 118 Å². The SMILES string of the molecule is O=C(Nc1ccc(SCC(=O)c2ccccc2)cc1)/C(=C/c1ccco1)NC(=O)c1ccccc1. The van der Waals surface area contributed by atoms with Gasteiger partial charge in [0.1, 0.15) is 11.5 Å². The molecule has 1 aromatic heterocycles. The summed E-state index contributed by atoms with van der Waals surface area (Å²) in [5, 5.41) is 5.45. The molecule has 35 heavy (non-hydrogen) atoms. The number of carbonyl (C=O) groups is 3. The Labute approximate surface area is 207 Å². The molecule has 2 amide bonds. The van der Waals surface area contributed by atoms with Crippen molar-refractivity contribution in [2.24, 2.45) is 0 Å². The summed E-state index contributed by atoms with van der Waals surface area (Å²) in [6.07, 6.45) is 2.95. The molecule has 6 nitrogen and oxygen atoms in total. The van der Waals surface area contributed by atoms with Crippen LogP contribution in [-0.4, -0.2) is 23.4 Å². The molecule has 0 aliphatic carbocycles. The molecule has 7 heteroatoms. The van der Waals surface area contributed by atoms with Crippen LogP contribution in [0.3, 0.4) is 0 Å². The van der Waals surface area contributed by atoms with Crippen LogP contribution >= 0.6 is 11.8 Å². The molecule has 4 aromatic rings. The average Bonchev–Trinajstić information content (AvgIpc) is 3.42. The van der Waals surface area contributed by atoms with Gasteiger partial charge in [-0.3, -0.25) is 14.4 Å². The third-order valence-electron chi connectivity index (χ3n) is 4.94. The zero-order valence-corrected chi connectivity index (χ0v) is 19.5. The molecule has 0 atom stereocenters. The second-order valence-corrected chi connectivity index (χ2v) is 8.50. The van der Waals surface area contributed by atoms with Crippen molar-refractivity contribution < 1.29 is 18.8 Å². The Kier molecular flexibility index (Phi) is 7.93. The summed E-state index contributed by atoms with van der Waals surface area (Å²) in [6, 6.07) is 28.3. The van der Waals surface area contributed by atoms with Gasteiger partial charge in [-0.25, -0.2) is 0 Å². The van der Waals surface area contributed by atoms with Crippen molar-refractivity contribution in [3.05, 3.63) is 126 Å². The molecule has 3 aromatic carbocycles. The molecule has 0 aliphatic heterocycles. The molecule has 0 saturated heterocycles. The molecule has 0 fully saturated rings. The summed E-state index contributed by atoms with van der Waals surface area (Å²) in [6.45, 7) is 0. The van der Waals surface area contributed by atoms with Gasteiger partial charge in [0.05, 0.1) is 12.0 Å². The van der Waals surface area contributed by atoms with E-state index < -0.39 is 11.8 Å². The maximum Gasteiger partial charge on any atom is 0.272 e. The number of thioether (sulfide) groups is 1. The minimum atomic E-state index is -0.495. The Bertz CT molecular complexity index is 1320. The van der Waals surface area contributed by atoms with Crippen LogP contribution in [0.1, 0.15) is 26.5 Å². The molecule has 0 aliphatic rings. The lowest BCUT2D eigenvalue weighted by atomic mass is 10.2. The van der Waals surface area contributed by atoms with E-state index >= 15 is 0 Å². The largest absolute Gasteiger partial charge is 0.465 e. The predicted molar refractivity (Wildman–Crippen MR) is 137 cm³/mol. The number of carbonyl (C=O) groups excluding carboxylic acids is 3. The second-order valence-electron chi connectivity index (χ2n) is 7.45. The fourth-order valence-corrected chi connectivity index (χ4v) is 3.94. The highest BCUT2D eigenvalue weighted by molar-refractivity contribution is 8.00. The van der Waals surface area contributed by atoms with Gasteiger partial charge in [-0.2, -0.15) is 0 Å². The van der Waals surface area contributed by atoms with Crippen LogP contribution in [0.4, 0.5) is 5.69 Å². The topological polar surface area (TPSA) is 88.4 Å². The maximum absolute atomic E-state index is 13.0. The predicted octanol–water partition coefficient (Wildman–Crippen LogP) is 5.66. The van der Waals surface area contributed by atoms with E-state index in [9.17, 15) is 14.4 Å². The highest BCUT2D eigenvalue weighted by Crippen LogP contribution is 2.22. The number of nitrogens with one attached hydrogen (secondary N) is 2. The minimum absolute atomic E-state index is 0.0423. The summed E-state index contributed by atoms with van der Waals surface area (Å²) >= 11 is 1.42. The van der Waals surface area contributed by atoms with Crippen LogP contribution in [0.5, 0.6) is 0 Å². The van der Waals surface area contributed by atoms with Crippen molar-refractivity contribution in [2.75, 3.05) is 11.1 Å². The van der Waals surface area contributed by atoms with E-state index in [-0.39, 0.29) is 11.5 Å². The number of anilines is 1. The molecule has 0 bridgehead atoms. The Morgan fingerprint density at radius 3 is 2.06 bits per heavy atom. The van der Waals surface area contributed by atoms with Crippen molar-refractivity contribution >= 4 is 41.1 Å². The van der Waals surface area contributed by atoms with Crippen molar-refractivity contribution in [2.45, 2.75) is 4.90 Å². The van der Waals surface area contributed by atoms with E-state index in [1.54, 1.807) is 60.7 Å². The van der Waals surface area contributed by atoms with E-state index in [2.05, 4.69) is 10.6 Å². The molecule has 2 N–H and O–H groups in total. The van der Waals surface area contributed by atoms with Gasteiger partial charge in [0.15, 0.2) is 5.78 Å². The summed E-state index contributed by atoms with van der Waals surface area (Å²) in [5.41, 5.74) is 1.70. The molecular formula is C28H22N2O4S. The quantitative estimate of drug-likeness (QED) is 0.182. The lowest BCUT2D eigenvalue weighted by Gasteiger charge is -2.11. The standard InChI is InChI=1S/C28H22N2O4S/c31-26(20-8-3-1-4-9-20)19-35-24-15-13-22(14-16-24)29-28(33)25(18-23-12-7-17-34-23)30-27(32)21-10-5-2-6-11-21/h1-18H,19H2,(H,29,33)(H,30,32)/b25-18-. The summed E-state index contributed by atoms with van der Waals surface area (Å²) in [7, 11) is 0. The van der Waals surface area contributed by atoms with E-state index in [0.29, 0.717) is 28.3 Å². The number of ketones is 1. The van der Waals surface area contributed by atoms with E-state index in [1.807, 2.05) is 36.4 Å². The summed E-state index contributed by atoms with van der Waals surface area (Å²) in [5.74, 6) is -0.107. The van der Waals surface area contributed by atoms with Crippen LogP contribution in [0.2, 0.25) is 0 Å². The first-order chi connectivity index (χ1) is 17.1. The zero-order valence-electron chi connectivity index (χ0n) is 18.6. The number of hydrogen-bond acceptors (Lipinski definition) is 5. The normalized spacial score (nSPS) is 11.0.